The standard InChI is InChI=1S/C17H24N2O7/c1-10(15(21)22)7-12(18-16(23)26-17(2,3)4)8-11-5-6-14(20)13(9-11)19(24)25/h5-6,9-10,12,20H,7-8H2,1-4H3,(H,18,23)(H,21,22)/t10-,12+/m0/s1. The lowest BCUT2D eigenvalue weighted by Crippen LogP contribution is -2.41. The number of carbonyl (C=O) groups is 2. The van der Waals surface area contributed by atoms with E-state index >= 15 is 0 Å². The molecule has 0 bridgehead atoms. The predicted octanol–water partition coefficient (Wildman–Crippen LogP) is 2.85. The van der Waals surface area contributed by atoms with Gasteiger partial charge in [0, 0.05) is 12.1 Å². The summed E-state index contributed by atoms with van der Waals surface area (Å²) in [6.07, 6.45) is -0.435. The van der Waals surface area contributed by atoms with Crippen molar-refractivity contribution in [3.8, 4) is 5.75 Å². The Kier molecular flexibility index (Phi) is 6.93. The van der Waals surface area contributed by atoms with Crippen LogP contribution >= 0.6 is 0 Å². The van der Waals surface area contributed by atoms with Crippen LogP contribution in [0.3, 0.4) is 0 Å². The molecular weight excluding hydrogens is 344 g/mol. The van der Waals surface area contributed by atoms with Gasteiger partial charge in [-0.25, -0.2) is 4.79 Å². The molecule has 0 spiro atoms. The number of aromatic hydroxyl groups is 1. The van der Waals surface area contributed by atoms with Gasteiger partial charge in [-0.15, -0.1) is 0 Å². The van der Waals surface area contributed by atoms with E-state index in [1.165, 1.54) is 25.1 Å². The smallest absolute Gasteiger partial charge is 0.407 e. The first-order valence-electron chi connectivity index (χ1n) is 8.07. The number of benzene rings is 1. The molecule has 0 radical (unpaired) electrons. The minimum atomic E-state index is -1.02. The molecule has 0 fully saturated rings. The van der Waals surface area contributed by atoms with Gasteiger partial charge < -0.3 is 20.3 Å². The van der Waals surface area contributed by atoms with Crippen LogP contribution in [0.1, 0.15) is 39.7 Å². The second-order valence-corrected chi connectivity index (χ2v) is 7.10. The molecule has 26 heavy (non-hydrogen) atoms. The fourth-order valence-electron chi connectivity index (χ4n) is 2.32. The van der Waals surface area contributed by atoms with E-state index in [0.717, 1.165) is 0 Å². The Morgan fingerprint density at radius 1 is 1.35 bits per heavy atom. The molecule has 0 aliphatic carbocycles. The van der Waals surface area contributed by atoms with Gasteiger partial charge in [-0.3, -0.25) is 14.9 Å². The number of phenolic OH excluding ortho intramolecular Hbond substituents is 1. The maximum atomic E-state index is 12.0. The number of alkyl carbamates (subject to hydrolysis) is 1. The number of ether oxygens (including phenoxy) is 1. The second-order valence-electron chi connectivity index (χ2n) is 7.10. The maximum Gasteiger partial charge on any atom is 0.407 e. The van der Waals surface area contributed by atoms with Gasteiger partial charge in [0.1, 0.15) is 5.60 Å². The summed E-state index contributed by atoms with van der Waals surface area (Å²) in [6, 6.07) is 3.26. The zero-order valence-electron chi connectivity index (χ0n) is 15.2. The predicted molar refractivity (Wildman–Crippen MR) is 93.0 cm³/mol. The summed E-state index contributed by atoms with van der Waals surface area (Å²) in [5.41, 5.74) is -0.692. The first-order valence-corrected chi connectivity index (χ1v) is 8.07. The lowest BCUT2D eigenvalue weighted by molar-refractivity contribution is -0.385. The van der Waals surface area contributed by atoms with Crippen LogP contribution < -0.4 is 5.32 Å². The van der Waals surface area contributed by atoms with Crippen molar-refractivity contribution in [2.75, 3.05) is 0 Å². The Balaban J connectivity index is 2.98. The van der Waals surface area contributed by atoms with Crippen LogP contribution in [0.15, 0.2) is 18.2 Å². The zero-order chi connectivity index (χ0) is 20.1. The Hall–Kier alpha value is -2.84. The van der Waals surface area contributed by atoms with E-state index in [4.69, 9.17) is 9.84 Å². The number of nitrogens with one attached hydrogen (secondary N) is 1. The first-order chi connectivity index (χ1) is 11.9. The summed E-state index contributed by atoms with van der Waals surface area (Å²) < 4.78 is 5.18. The van der Waals surface area contributed by atoms with Gasteiger partial charge in [0.25, 0.3) is 0 Å². The molecule has 144 valence electrons. The van der Waals surface area contributed by atoms with Crippen LogP contribution in [0, 0.1) is 16.0 Å². The summed E-state index contributed by atoms with van der Waals surface area (Å²) in [4.78, 5) is 33.4. The van der Waals surface area contributed by atoms with Crippen molar-refractivity contribution in [3.05, 3.63) is 33.9 Å². The third-order valence-corrected chi connectivity index (χ3v) is 3.50. The molecule has 1 amide bonds. The minimum absolute atomic E-state index is 0.114. The van der Waals surface area contributed by atoms with E-state index in [9.17, 15) is 24.8 Å². The van der Waals surface area contributed by atoms with E-state index in [0.29, 0.717) is 5.56 Å². The third kappa shape index (κ3) is 6.96. The quantitative estimate of drug-likeness (QED) is 0.496. The summed E-state index contributed by atoms with van der Waals surface area (Å²) in [6.45, 7) is 6.60. The maximum absolute atomic E-state index is 12.0. The van der Waals surface area contributed by atoms with Crippen molar-refractivity contribution >= 4 is 17.7 Å². The molecule has 0 aliphatic rings. The van der Waals surface area contributed by atoms with Crippen molar-refractivity contribution in [3.63, 3.8) is 0 Å². The Bertz CT molecular complexity index is 682. The molecule has 1 aromatic carbocycles. The number of carboxylic acids is 1. The van der Waals surface area contributed by atoms with E-state index < -0.39 is 46.0 Å². The van der Waals surface area contributed by atoms with Crippen molar-refractivity contribution in [1.82, 2.24) is 5.32 Å². The summed E-state index contributed by atoms with van der Waals surface area (Å²) >= 11 is 0. The van der Waals surface area contributed by atoms with Crippen LogP contribution in [-0.4, -0.2) is 38.8 Å². The van der Waals surface area contributed by atoms with Gasteiger partial charge in [0.15, 0.2) is 5.75 Å². The number of carbonyl (C=O) groups excluding carboxylic acids is 1. The highest BCUT2D eigenvalue weighted by atomic mass is 16.6. The highest BCUT2D eigenvalue weighted by molar-refractivity contribution is 5.70. The Morgan fingerprint density at radius 2 is 1.96 bits per heavy atom. The summed E-state index contributed by atoms with van der Waals surface area (Å²) in [5, 5.41) is 32.2. The number of rotatable bonds is 7. The number of hydrogen-bond acceptors (Lipinski definition) is 6. The summed E-state index contributed by atoms with van der Waals surface area (Å²) in [5.74, 6) is -2.21. The molecule has 1 aromatic rings. The number of amides is 1. The Morgan fingerprint density at radius 3 is 2.46 bits per heavy atom. The second kappa shape index (κ2) is 8.50. The van der Waals surface area contributed by atoms with Gasteiger partial charge >= 0.3 is 17.7 Å². The fourth-order valence-corrected chi connectivity index (χ4v) is 2.32. The van der Waals surface area contributed by atoms with E-state index in [1.807, 2.05) is 0 Å². The number of hydrogen-bond donors (Lipinski definition) is 3. The number of aliphatic carboxylic acids is 1. The van der Waals surface area contributed by atoms with Gasteiger partial charge in [-0.05, 0) is 45.2 Å². The lowest BCUT2D eigenvalue weighted by atomic mass is 9.96. The van der Waals surface area contributed by atoms with Gasteiger partial charge in [0.2, 0.25) is 0 Å². The number of carboxylic acid groups (broad SMARTS) is 1. The first kappa shape index (κ1) is 21.2. The number of nitro groups is 1. The van der Waals surface area contributed by atoms with E-state index in [-0.39, 0.29) is 12.8 Å². The molecule has 3 N–H and O–H groups in total. The molecule has 0 unspecified atom stereocenters. The van der Waals surface area contributed by atoms with E-state index in [1.54, 1.807) is 20.8 Å². The van der Waals surface area contributed by atoms with Crippen molar-refractivity contribution in [2.45, 2.75) is 52.2 Å². The third-order valence-electron chi connectivity index (χ3n) is 3.50. The van der Waals surface area contributed by atoms with Crippen molar-refractivity contribution in [2.24, 2.45) is 5.92 Å². The highest BCUT2D eigenvalue weighted by Crippen LogP contribution is 2.27. The average Bonchev–Trinajstić information content (AvgIpc) is 2.46. The topological polar surface area (TPSA) is 139 Å². The highest BCUT2D eigenvalue weighted by Gasteiger charge is 2.24. The normalized spacial score (nSPS) is 13.5. The zero-order valence-corrected chi connectivity index (χ0v) is 15.2. The van der Waals surface area contributed by atoms with Crippen molar-refractivity contribution < 1.29 is 29.5 Å². The number of nitro benzene ring substituents is 1. The molecule has 0 heterocycles. The molecule has 9 heteroatoms. The molecule has 0 aliphatic heterocycles. The molecule has 0 saturated carbocycles. The van der Waals surface area contributed by atoms with Gasteiger partial charge in [0.05, 0.1) is 10.8 Å². The van der Waals surface area contributed by atoms with Crippen molar-refractivity contribution in [1.29, 1.82) is 0 Å². The van der Waals surface area contributed by atoms with Crippen LogP contribution in [0.5, 0.6) is 5.75 Å². The van der Waals surface area contributed by atoms with E-state index in [2.05, 4.69) is 5.32 Å². The minimum Gasteiger partial charge on any atom is -0.502 e. The lowest BCUT2D eigenvalue weighted by Gasteiger charge is -2.24. The average molecular weight is 368 g/mol. The molecule has 0 aromatic heterocycles. The number of phenols is 1. The molecule has 9 nitrogen and oxygen atoms in total. The molecule has 2 atom stereocenters. The summed E-state index contributed by atoms with van der Waals surface area (Å²) in [7, 11) is 0. The molecular formula is C17H24N2O7. The van der Waals surface area contributed by atoms with Crippen LogP contribution in [0.25, 0.3) is 0 Å². The fraction of sp³-hybridized carbons (Fsp3) is 0.529. The Labute approximate surface area is 151 Å². The van der Waals surface area contributed by atoms with Gasteiger partial charge in [-0.1, -0.05) is 13.0 Å². The molecule has 0 saturated heterocycles. The SMILES string of the molecule is C[C@@H](C[C@H](Cc1ccc(O)c([N+](=O)[O-])c1)NC(=O)OC(C)(C)C)C(=O)O. The van der Waals surface area contributed by atoms with Crippen LogP contribution in [-0.2, 0) is 16.0 Å². The van der Waals surface area contributed by atoms with Crippen LogP contribution in [0.2, 0.25) is 0 Å². The number of nitrogens with zero attached hydrogens (tertiary/aromatic N) is 1. The monoisotopic (exact) mass is 368 g/mol. The largest absolute Gasteiger partial charge is 0.502 e. The van der Waals surface area contributed by atoms with Gasteiger partial charge in [-0.2, -0.15) is 0 Å². The molecule has 1 rings (SSSR count). The van der Waals surface area contributed by atoms with Crippen LogP contribution in [0.4, 0.5) is 10.5 Å².